The van der Waals surface area contributed by atoms with Crippen LogP contribution in [0.15, 0.2) is 48.5 Å². The quantitative estimate of drug-likeness (QED) is 0.0667. The van der Waals surface area contributed by atoms with Crippen molar-refractivity contribution in [1.29, 1.82) is 0 Å². The van der Waals surface area contributed by atoms with Gasteiger partial charge in [0, 0.05) is 18.5 Å². The number of esters is 1. The van der Waals surface area contributed by atoms with E-state index < -0.39 is 28.9 Å². The van der Waals surface area contributed by atoms with Gasteiger partial charge in [0.1, 0.15) is 18.5 Å². The van der Waals surface area contributed by atoms with E-state index in [0.29, 0.717) is 37.5 Å². The Morgan fingerprint density at radius 2 is 1.80 bits per heavy atom. The van der Waals surface area contributed by atoms with Crippen LogP contribution in [0.4, 0.5) is 0 Å². The highest BCUT2D eigenvalue weighted by Gasteiger charge is 2.24. The zero-order valence-electron chi connectivity index (χ0n) is 24.3. The Balaban J connectivity index is 1.44. The second-order valence-electron chi connectivity index (χ2n) is 9.94. The van der Waals surface area contributed by atoms with Crippen LogP contribution in [0.1, 0.15) is 60.9 Å². The molecule has 17 heteroatoms. The predicted molar refractivity (Wildman–Crippen MR) is 159 cm³/mol. The van der Waals surface area contributed by atoms with Crippen molar-refractivity contribution in [3.63, 3.8) is 0 Å². The van der Waals surface area contributed by atoms with Crippen molar-refractivity contribution in [2.45, 2.75) is 58.1 Å². The van der Waals surface area contributed by atoms with Crippen LogP contribution >= 0.6 is 11.6 Å². The van der Waals surface area contributed by atoms with Crippen molar-refractivity contribution in [2.24, 2.45) is 0 Å². The van der Waals surface area contributed by atoms with E-state index in [4.69, 9.17) is 16.3 Å². The molecule has 45 heavy (non-hydrogen) atoms. The number of hydrogen-bond acceptors (Lipinski definition) is 12. The van der Waals surface area contributed by atoms with Crippen molar-refractivity contribution in [1.82, 2.24) is 30.2 Å². The van der Waals surface area contributed by atoms with Gasteiger partial charge in [0.25, 0.3) is 10.2 Å². The fraction of sp³-hybridized carbons (Fsp3) is 0.393. The summed E-state index contributed by atoms with van der Waals surface area (Å²) in [5, 5.41) is 33.3. The number of aromatic nitrogens is 6. The number of ether oxygens (including phenoxy) is 1. The number of halogens is 1. The first kappa shape index (κ1) is 32.8. The van der Waals surface area contributed by atoms with Crippen molar-refractivity contribution in [3.05, 3.63) is 91.0 Å². The van der Waals surface area contributed by atoms with Crippen LogP contribution in [0.3, 0.4) is 0 Å². The topological polar surface area (TPSA) is 203 Å². The number of nitrogens with one attached hydrogen (secondary N) is 1. The van der Waals surface area contributed by atoms with Crippen LogP contribution in [0.25, 0.3) is 22.5 Å². The second kappa shape index (κ2) is 16.1. The smallest absolute Gasteiger partial charge is 0.358 e. The number of aromatic amines is 1. The van der Waals surface area contributed by atoms with Gasteiger partial charge < -0.3 is 19.0 Å². The van der Waals surface area contributed by atoms with Crippen LogP contribution in [0, 0.1) is 20.2 Å². The maximum absolute atomic E-state index is 13.2. The van der Waals surface area contributed by atoms with Gasteiger partial charge in [-0.05, 0) is 47.6 Å². The number of rotatable bonds is 18. The molecule has 238 valence electrons. The number of tetrazole rings is 1. The van der Waals surface area contributed by atoms with Gasteiger partial charge in [-0.3, -0.25) is 0 Å². The van der Waals surface area contributed by atoms with Gasteiger partial charge in [0.15, 0.2) is 10.8 Å². The maximum atomic E-state index is 13.2. The molecule has 2 aromatic heterocycles. The van der Waals surface area contributed by atoms with E-state index in [2.05, 4.69) is 42.2 Å². The Bertz CT molecular complexity index is 1580. The zero-order valence-corrected chi connectivity index (χ0v) is 25.1. The van der Waals surface area contributed by atoms with E-state index in [9.17, 15) is 25.0 Å². The number of H-pyrrole nitrogens is 1. The summed E-state index contributed by atoms with van der Waals surface area (Å²) in [6, 6.07) is 15.6. The molecule has 0 amide bonds. The summed E-state index contributed by atoms with van der Waals surface area (Å²) in [6.45, 7) is 1.78. The largest absolute Gasteiger partial charge is 0.461 e. The second-order valence-corrected chi connectivity index (χ2v) is 10.3. The van der Waals surface area contributed by atoms with E-state index >= 15 is 0 Å². The lowest BCUT2D eigenvalue weighted by Crippen LogP contribution is -2.24. The molecule has 0 spiro atoms. The number of carbonyl (C=O) groups excluding carboxylic acids is 1. The molecular weight excluding hydrogens is 612 g/mol. The zero-order chi connectivity index (χ0) is 32.2. The van der Waals surface area contributed by atoms with Crippen LogP contribution in [-0.2, 0) is 27.4 Å². The van der Waals surface area contributed by atoms with Gasteiger partial charge in [0.05, 0.1) is 6.61 Å². The van der Waals surface area contributed by atoms with Crippen LogP contribution in [0.2, 0.25) is 5.15 Å². The highest BCUT2D eigenvalue weighted by atomic mass is 35.5. The average molecular weight is 643 g/mol. The Morgan fingerprint density at radius 3 is 2.47 bits per heavy atom. The first-order valence-electron chi connectivity index (χ1n) is 14.2. The van der Waals surface area contributed by atoms with E-state index in [1.807, 2.05) is 48.5 Å². The number of hydrogen-bond donors (Lipinski definition) is 1. The number of benzene rings is 2. The van der Waals surface area contributed by atoms with Gasteiger partial charge in [0.2, 0.25) is 5.82 Å². The number of nitrogens with zero attached hydrogens (tertiary/aromatic N) is 7. The summed E-state index contributed by atoms with van der Waals surface area (Å²) in [4.78, 5) is 47.3. The molecule has 2 heterocycles. The van der Waals surface area contributed by atoms with E-state index in [1.54, 1.807) is 4.57 Å². The monoisotopic (exact) mass is 642 g/mol. The Morgan fingerprint density at radius 1 is 1.04 bits per heavy atom. The Labute approximate surface area is 261 Å². The summed E-state index contributed by atoms with van der Waals surface area (Å²) < 4.78 is 7.24. The number of aryl methyl sites for hydroxylation is 1. The standard InChI is InChI=1S/C28H31ClN8O8/c1-2-3-11-24-30-26(29)25(28(38)43-16-7-6-8-21(45-37(41)42)18-44-36(39)40)35(24)17-19-12-14-20(15-13-19)22-9-4-5-10-23(22)27-31-33-34-32-27/h4-5,9-10,12-15,21H,2-3,6-8,11,16-18H2,1H3,(H,31,32,33,34). The molecule has 0 saturated carbocycles. The summed E-state index contributed by atoms with van der Waals surface area (Å²) in [7, 11) is 0. The lowest BCUT2D eigenvalue weighted by molar-refractivity contribution is -0.790. The molecule has 0 aliphatic carbocycles. The van der Waals surface area contributed by atoms with Crippen LogP contribution in [-0.4, -0.2) is 65.6 Å². The molecule has 1 unspecified atom stereocenters. The van der Waals surface area contributed by atoms with Crippen molar-refractivity contribution in [2.75, 3.05) is 13.2 Å². The summed E-state index contributed by atoms with van der Waals surface area (Å²) in [6.07, 6.45) is 1.99. The van der Waals surface area contributed by atoms with Gasteiger partial charge in [-0.15, -0.1) is 30.4 Å². The van der Waals surface area contributed by atoms with E-state index in [1.165, 1.54) is 0 Å². The van der Waals surface area contributed by atoms with Crippen molar-refractivity contribution < 1.29 is 29.4 Å². The van der Waals surface area contributed by atoms with Crippen molar-refractivity contribution >= 4 is 17.6 Å². The molecule has 0 bridgehead atoms. The third-order valence-corrected chi connectivity index (χ3v) is 7.09. The Hall–Kier alpha value is -5.12. The predicted octanol–water partition coefficient (Wildman–Crippen LogP) is 4.89. The molecular formula is C28H31ClN8O8. The SMILES string of the molecule is CCCCc1nc(Cl)c(C(=O)OCCCCC(CO[N+](=O)[O-])O[N+](=O)[O-])n1Cc1ccc(-c2ccccc2-c2nn[nH]n2)cc1. The third kappa shape index (κ3) is 9.18. The molecule has 0 aliphatic rings. The van der Waals surface area contributed by atoms with Gasteiger partial charge in [-0.1, -0.05) is 73.5 Å². The van der Waals surface area contributed by atoms with Crippen molar-refractivity contribution in [3.8, 4) is 22.5 Å². The molecule has 2 aromatic carbocycles. The highest BCUT2D eigenvalue weighted by molar-refractivity contribution is 6.32. The molecule has 0 saturated heterocycles. The maximum Gasteiger partial charge on any atom is 0.358 e. The normalized spacial score (nSPS) is 11.6. The van der Waals surface area contributed by atoms with E-state index in [0.717, 1.165) is 35.1 Å². The van der Waals surface area contributed by atoms with Gasteiger partial charge in [-0.25, -0.2) is 9.78 Å². The van der Waals surface area contributed by atoms with E-state index in [-0.39, 0.29) is 23.9 Å². The fourth-order valence-electron chi connectivity index (χ4n) is 4.68. The van der Waals surface area contributed by atoms with Gasteiger partial charge >= 0.3 is 5.97 Å². The summed E-state index contributed by atoms with van der Waals surface area (Å²) in [5.41, 5.74) is 3.75. The lowest BCUT2D eigenvalue weighted by atomic mass is 9.98. The molecule has 4 rings (SSSR count). The number of unbranched alkanes of at least 4 members (excludes halogenated alkanes) is 2. The third-order valence-electron chi connectivity index (χ3n) is 6.82. The molecule has 1 atom stereocenters. The molecule has 0 fully saturated rings. The first-order chi connectivity index (χ1) is 21.8. The number of carbonyl (C=O) groups is 1. The first-order valence-corrected chi connectivity index (χ1v) is 14.6. The molecule has 4 aromatic rings. The average Bonchev–Trinajstić information content (AvgIpc) is 3.66. The highest BCUT2D eigenvalue weighted by Crippen LogP contribution is 2.30. The summed E-state index contributed by atoms with van der Waals surface area (Å²) in [5.74, 6) is 0.488. The van der Waals surface area contributed by atoms with Gasteiger partial charge in [-0.2, -0.15) is 5.21 Å². The molecule has 16 nitrogen and oxygen atoms in total. The van der Waals surface area contributed by atoms with Crippen LogP contribution < -0.4 is 0 Å². The minimum atomic E-state index is -1.13. The van der Waals surface area contributed by atoms with Crippen LogP contribution in [0.5, 0.6) is 0 Å². The summed E-state index contributed by atoms with van der Waals surface area (Å²) >= 11 is 6.45. The molecule has 0 radical (unpaired) electrons. The minimum absolute atomic E-state index is 0.0135. The lowest BCUT2D eigenvalue weighted by Gasteiger charge is -2.14. The molecule has 1 N–H and O–H groups in total. The number of imidazole rings is 1. The molecule has 0 aliphatic heterocycles. The minimum Gasteiger partial charge on any atom is -0.461 e. The fourth-order valence-corrected chi connectivity index (χ4v) is 4.95. The Kier molecular flexibility index (Phi) is 11.7.